The minimum absolute atomic E-state index is 0.261. The van der Waals surface area contributed by atoms with Crippen molar-refractivity contribution >= 4 is 23.3 Å². The Morgan fingerprint density at radius 3 is 2.35 bits per heavy atom. The van der Waals surface area contributed by atoms with Gasteiger partial charge in [-0.2, -0.15) is 0 Å². The number of benzene rings is 2. The number of methoxy groups -OCH3 is 1. The Bertz CT molecular complexity index is 567. The lowest BCUT2D eigenvalue weighted by molar-refractivity contribution is 0.251. The predicted octanol–water partition coefficient (Wildman–Crippen LogP) is 3.67. The van der Waals surface area contributed by atoms with Gasteiger partial charge in [0.05, 0.1) is 7.11 Å². The molecule has 0 unspecified atom stereocenters. The van der Waals surface area contributed by atoms with E-state index in [1.165, 1.54) is 0 Å². The third-order valence-corrected chi connectivity index (χ3v) is 2.97. The van der Waals surface area contributed by atoms with Gasteiger partial charge in [-0.25, -0.2) is 4.79 Å². The van der Waals surface area contributed by atoms with Crippen LogP contribution in [0.5, 0.6) is 5.75 Å². The van der Waals surface area contributed by atoms with Crippen LogP contribution < -0.4 is 15.4 Å². The minimum Gasteiger partial charge on any atom is -0.497 e. The van der Waals surface area contributed by atoms with E-state index in [0.29, 0.717) is 17.3 Å². The molecule has 104 valence electrons. The van der Waals surface area contributed by atoms with Crippen LogP contribution in [0.25, 0.3) is 0 Å². The second kappa shape index (κ2) is 6.82. The highest BCUT2D eigenvalue weighted by atomic mass is 35.5. The van der Waals surface area contributed by atoms with Crippen molar-refractivity contribution in [2.24, 2.45) is 0 Å². The quantitative estimate of drug-likeness (QED) is 0.902. The summed E-state index contributed by atoms with van der Waals surface area (Å²) in [5.74, 6) is 0.791. The Balaban J connectivity index is 1.83. The zero-order chi connectivity index (χ0) is 14.4. The number of anilines is 1. The summed E-state index contributed by atoms with van der Waals surface area (Å²) >= 11 is 5.78. The number of halogens is 1. The summed E-state index contributed by atoms with van der Waals surface area (Å²) in [5, 5.41) is 6.14. The zero-order valence-electron chi connectivity index (χ0n) is 11.0. The third kappa shape index (κ3) is 4.17. The van der Waals surface area contributed by atoms with Gasteiger partial charge in [0.25, 0.3) is 0 Å². The first-order valence-corrected chi connectivity index (χ1v) is 6.48. The molecule has 2 aromatic carbocycles. The fourth-order valence-corrected chi connectivity index (χ4v) is 1.76. The Morgan fingerprint density at radius 1 is 1.10 bits per heavy atom. The molecule has 2 aromatic rings. The van der Waals surface area contributed by atoms with E-state index >= 15 is 0 Å². The van der Waals surface area contributed by atoms with Crippen LogP contribution in [0.2, 0.25) is 5.02 Å². The SMILES string of the molecule is COc1ccc(CNC(=O)Nc2ccc(Cl)cc2)cc1. The number of amides is 2. The summed E-state index contributed by atoms with van der Waals surface area (Å²) < 4.78 is 5.07. The van der Waals surface area contributed by atoms with Gasteiger partial charge in [-0.05, 0) is 42.0 Å². The number of rotatable bonds is 4. The fourth-order valence-electron chi connectivity index (χ4n) is 1.63. The highest BCUT2D eigenvalue weighted by Gasteiger charge is 2.02. The van der Waals surface area contributed by atoms with Gasteiger partial charge in [-0.3, -0.25) is 0 Å². The molecule has 0 aromatic heterocycles. The van der Waals surface area contributed by atoms with Crippen molar-refractivity contribution < 1.29 is 9.53 Å². The van der Waals surface area contributed by atoms with Crippen LogP contribution in [-0.4, -0.2) is 13.1 Å². The number of hydrogen-bond acceptors (Lipinski definition) is 2. The Morgan fingerprint density at radius 2 is 1.75 bits per heavy atom. The number of carbonyl (C=O) groups excluding carboxylic acids is 1. The first-order chi connectivity index (χ1) is 9.67. The topological polar surface area (TPSA) is 50.4 Å². The van der Waals surface area contributed by atoms with Gasteiger partial charge in [-0.15, -0.1) is 0 Å². The van der Waals surface area contributed by atoms with Crippen LogP contribution in [0.4, 0.5) is 10.5 Å². The monoisotopic (exact) mass is 290 g/mol. The summed E-state index contributed by atoms with van der Waals surface area (Å²) in [4.78, 5) is 11.7. The van der Waals surface area contributed by atoms with E-state index in [0.717, 1.165) is 11.3 Å². The molecule has 2 amide bonds. The van der Waals surface area contributed by atoms with E-state index < -0.39 is 0 Å². The van der Waals surface area contributed by atoms with Crippen molar-refractivity contribution in [3.8, 4) is 5.75 Å². The first-order valence-electron chi connectivity index (χ1n) is 6.11. The van der Waals surface area contributed by atoms with E-state index in [4.69, 9.17) is 16.3 Å². The molecule has 0 bridgehead atoms. The molecule has 5 heteroatoms. The van der Waals surface area contributed by atoms with Gasteiger partial charge in [0, 0.05) is 17.3 Å². The highest BCUT2D eigenvalue weighted by molar-refractivity contribution is 6.30. The molecule has 0 saturated carbocycles. The van der Waals surface area contributed by atoms with Crippen molar-refractivity contribution in [3.63, 3.8) is 0 Å². The summed E-state index contributed by atoms with van der Waals surface area (Å²) in [5.41, 5.74) is 1.69. The standard InChI is InChI=1S/C15H15ClN2O2/c1-20-14-8-2-11(3-9-14)10-17-15(19)18-13-6-4-12(16)5-7-13/h2-9H,10H2,1H3,(H2,17,18,19). The molecule has 0 radical (unpaired) electrons. The van der Waals surface area contributed by atoms with Crippen molar-refractivity contribution in [1.82, 2.24) is 5.32 Å². The molecule has 0 spiro atoms. The predicted molar refractivity (Wildman–Crippen MR) is 80.3 cm³/mol. The lowest BCUT2D eigenvalue weighted by Crippen LogP contribution is -2.28. The van der Waals surface area contributed by atoms with Crippen LogP contribution in [0.1, 0.15) is 5.56 Å². The van der Waals surface area contributed by atoms with Crippen LogP contribution in [-0.2, 0) is 6.54 Å². The summed E-state index contributed by atoms with van der Waals surface area (Å²) in [6.45, 7) is 0.448. The van der Waals surface area contributed by atoms with E-state index in [-0.39, 0.29) is 6.03 Å². The number of nitrogens with one attached hydrogen (secondary N) is 2. The molecule has 4 nitrogen and oxygen atoms in total. The highest BCUT2D eigenvalue weighted by Crippen LogP contribution is 2.13. The maximum Gasteiger partial charge on any atom is 0.319 e. The number of urea groups is 1. The maximum absolute atomic E-state index is 11.7. The second-order valence-corrected chi connectivity index (χ2v) is 4.60. The molecule has 0 fully saturated rings. The van der Waals surface area contributed by atoms with Crippen LogP contribution in [0, 0.1) is 0 Å². The van der Waals surface area contributed by atoms with Crippen LogP contribution in [0.3, 0.4) is 0 Å². The van der Waals surface area contributed by atoms with Crippen molar-refractivity contribution in [3.05, 3.63) is 59.1 Å². The van der Waals surface area contributed by atoms with E-state index in [1.807, 2.05) is 24.3 Å². The Kier molecular flexibility index (Phi) is 4.85. The lowest BCUT2D eigenvalue weighted by atomic mass is 10.2. The summed E-state index contributed by atoms with van der Waals surface area (Å²) in [6, 6.07) is 14.2. The fraction of sp³-hybridized carbons (Fsp3) is 0.133. The Labute approximate surface area is 122 Å². The molecular formula is C15H15ClN2O2. The second-order valence-electron chi connectivity index (χ2n) is 4.16. The molecule has 0 saturated heterocycles. The van der Waals surface area contributed by atoms with Gasteiger partial charge in [-0.1, -0.05) is 23.7 Å². The average molecular weight is 291 g/mol. The minimum atomic E-state index is -0.261. The van der Waals surface area contributed by atoms with E-state index in [9.17, 15) is 4.79 Å². The molecule has 0 aliphatic rings. The molecule has 0 heterocycles. The average Bonchev–Trinajstić information content (AvgIpc) is 2.48. The lowest BCUT2D eigenvalue weighted by Gasteiger charge is -2.08. The third-order valence-electron chi connectivity index (χ3n) is 2.71. The molecule has 0 atom stereocenters. The molecular weight excluding hydrogens is 276 g/mol. The summed E-state index contributed by atoms with van der Waals surface area (Å²) in [7, 11) is 1.62. The maximum atomic E-state index is 11.7. The number of carbonyl (C=O) groups is 1. The van der Waals surface area contributed by atoms with Gasteiger partial charge < -0.3 is 15.4 Å². The molecule has 2 rings (SSSR count). The normalized spacial score (nSPS) is 9.90. The van der Waals surface area contributed by atoms with Crippen molar-refractivity contribution in [2.45, 2.75) is 6.54 Å². The van der Waals surface area contributed by atoms with Crippen LogP contribution in [0.15, 0.2) is 48.5 Å². The molecule has 20 heavy (non-hydrogen) atoms. The number of ether oxygens (including phenoxy) is 1. The Hall–Kier alpha value is -2.20. The largest absolute Gasteiger partial charge is 0.497 e. The van der Waals surface area contributed by atoms with Gasteiger partial charge >= 0.3 is 6.03 Å². The number of hydrogen-bond donors (Lipinski definition) is 2. The molecule has 0 aliphatic carbocycles. The zero-order valence-corrected chi connectivity index (χ0v) is 11.8. The molecule has 2 N–H and O–H groups in total. The van der Waals surface area contributed by atoms with Gasteiger partial charge in [0.15, 0.2) is 0 Å². The van der Waals surface area contributed by atoms with Gasteiger partial charge in [0.2, 0.25) is 0 Å². The smallest absolute Gasteiger partial charge is 0.319 e. The van der Waals surface area contributed by atoms with Gasteiger partial charge in [0.1, 0.15) is 5.75 Å². The summed E-state index contributed by atoms with van der Waals surface area (Å²) in [6.07, 6.45) is 0. The van der Waals surface area contributed by atoms with Crippen molar-refractivity contribution in [2.75, 3.05) is 12.4 Å². The van der Waals surface area contributed by atoms with Crippen molar-refractivity contribution in [1.29, 1.82) is 0 Å². The van der Waals surface area contributed by atoms with E-state index in [2.05, 4.69) is 10.6 Å². The first kappa shape index (κ1) is 14.2. The molecule has 0 aliphatic heterocycles. The van der Waals surface area contributed by atoms with E-state index in [1.54, 1.807) is 31.4 Å². The van der Waals surface area contributed by atoms with Crippen LogP contribution >= 0.6 is 11.6 Å².